The van der Waals surface area contributed by atoms with Crippen LogP contribution in [0.4, 0.5) is 0 Å². The largest absolute Gasteiger partial charge is 0.478 e. The van der Waals surface area contributed by atoms with Crippen LogP contribution in [0.3, 0.4) is 0 Å². The van der Waals surface area contributed by atoms with E-state index in [0.717, 1.165) is 30.4 Å². The van der Waals surface area contributed by atoms with E-state index < -0.39 is 5.97 Å². The number of aromatic carboxylic acids is 1. The van der Waals surface area contributed by atoms with E-state index >= 15 is 0 Å². The Kier molecular flexibility index (Phi) is 3.25. The molecular weight excluding hydrogens is 204 g/mol. The molecule has 1 N–H and O–H groups in total. The second-order valence-corrected chi connectivity index (χ2v) is 4.22. The fourth-order valence-electron chi connectivity index (χ4n) is 2.52. The van der Waals surface area contributed by atoms with Crippen LogP contribution >= 0.6 is 0 Å². The first-order valence-electron chi connectivity index (χ1n) is 5.58. The topological polar surface area (TPSA) is 46.5 Å². The zero-order valence-corrected chi connectivity index (χ0v) is 9.40. The van der Waals surface area contributed by atoms with Crippen molar-refractivity contribution in [3.8, 4) is 0 Å². The van der Waals surface area contributed by atoms with Crippen molar-refractivity contribution in [1.29, 1.82) is 0 Å². The fraction of sp³-hybridized carbons (Fsp3) is 0.462. The van der Waals surface area contributed by atoms with Crippen LogP contribution in [0.1, 0.15) is 40.2 Å². The minimum atomic E-state index is -0.824. The van der Waals surface area contributed by atoms with Crippen LogP contribution in [0.5, 0.6) is 0 Å². The van der Waals surface area contributed by atoms with E-state index in [4.69, 9.17) is 9.84 Å². The first-order valence-corrected chi connectivity index (χ1v) is 5.58. The molecule has 1 unspecified atom stereocenters. The Balaban J connectivity index is 2.42. The van der Waals surface area contributed by atoms with Gasteiger partial charge in [0, 0.05) is 13.0 Å². The SMILES string of the molecule is COCC1CCCc2c(C(=O)O)cccc21. The van der Waals surface area contributed by atoms with Gasteiger partial charge in [0.15, 0.2) is 0 Å². The summed E-state index contributed by atoms with van der Waals surface area (Å²) in [5, 5.41) is 9.13. The lowest BCUT2D eigenvalue weighted by molar-refractivity contribution is 0.0695. The number of hydrogen-bond donors (Lipinski definition) is 1. The van der Waals surface area contributed by atoms with Crippen LogP contribution in [-0.2, 0) is 11.2 Å². The Hall–Kier alpha value is -1.35. The molecule has 0 saturated carbocycles. The number of carbonyl (C=O) groups is 1. The van der Waals surface area contributed by atoms with Gasteiger partial charge in [-0.05, 0) is 36.5 Å². The summed E-state index contributed by atoms with van der Waals surface area (Å²) in [6.45, 7) is 0.677. The maximum atomic E-state index is 11.1. The van der Waals surface area contributed by atoms with E-state index in [0.29, 0.717) is 18.1 Å². The summed E-state index contributed by atoms with van der Waals surface area (Å²) in [6.07, 6.45) is 3.01. The molecule has 16 heavy (non-hydrogen) atoms. The Morgan fingerprint density at radius 2 is 2.38 bits per heavy atom. The van der Waals surface area contributed by atoms with Gasteiger partial charge in [0.05, 0.1) is 12.2 Å². The van der Waals surface area contributed by atoms with Crippen molar-refractivity contribution in [1.82, 2.24) is 0 Å². The lowest BCUT2D eigenvalue weighted by atomic mass is 9.81. The molecule has 1 aliphatic carbocycles. The predicted octanol–water partition coefficient (Wildman–Crippen LogP) is 2.45. The Morgan fingerprint density at radius 1 is 1.56 bits per heavy atom. The second kappa shape index (κ2) is 4.66. The van der Waals surface area contributed by atoms with Gasteiger partial charge < -0.3 is 9.84 Å². The average molecular weight is 220 g/mol. The first-order chi connectivity index (χ1) is 7.74. The highest BCUT2D eigenvalue weighted by atomic mass is 16.5. The molecule has 0 saturated heterocycles. The number of methoxy groups -OCH3 is 1. The Bertz CT molecular complexity index is 398. The fourth-order valence-corrected chi connectivity index (χ4v) is 2.52. The molecule has 1 aromatic carbocycles. The van der Waals surface area contributed by atoms with E-state index in [1.54, 1.807) is 13.2 Å². The van der Waals surface area contributed by atoms with Crippen LogP contribution in [0, 0.1) is 0 Å². The van der Waals surface area contributed by atoms with Gasteiger partial charge in [-0.25, -0.2) is 4.79 Å². The van der Waals surface area contributed by atoms with Crippen LogP contribution < -0.4 is 0 Å². The number of benzene rings is 1. The van der Waals surface area contributed by atoms with E-state index in [2.05, 4.69) is 0 Å². The van der Waals surface area contributed by atoms with Crippen molar-refractivity contribution in [2.45, 2.75) is 25.2 Å². The van der Waals surface area contributed by atoms with Gasteiger partial charge in [-0.3, -0.25) is 0 Å². The molecule has 3 heteroatoms. The summed E-state index contributed by atoms with van der Waals surface area (Å²) in [4.78, 5) is 11.1. The molecule has 0 radical (unpaired) electrons. The van der Waals surface area contributed by atoms with E-state index in [1.165, 1.54) is 0 Å². The molecule has 0 spiro atoms. The van der Waals surface area contributed by atoms with Crippen LogP contribution in [0.25, 0.3) is 0 Å². The molecular formula is C13H16O3. The third kappa shape index (κ3) is 1.95. The highest BCUT2D eigenvalue weighted by molar-refractivity contribution is 5.90. The van der Waals surface area contributed by atoms with Crippen molar-refractivity contribution < 1.29 is 14.6 Å². The summed E-state index contributed by atoms with van der Waals surface area (Å²) in [7, 11) is 1.69. The summed E-state index contributed by atoms with van der Waals surface area (Å²) in [5.74, 6) is -0.469. The molecule has 1 aliphatic rings. The monoisotopic (exact) mass is 220 g/mol. The molecule has 0 bridgehead atoms. The highest BCUT2D eigenvalue weighted by Crippen LogP contribution is 2.33. The summed E-state index contributed by atoms with van der Waals surface area (Å²) < 4.78 is 5.19. The Morgan fingerprint density at radius 3 is 3.06 bits per heavy atom. The van der Waals surface area contributed by atoms with Gasteiger partial charge in [0.1, 0.15) is 0 Å². The van der Waals surface area contributed by atoms with E-state index in [-0.39, 0.29) is 0 Å². The summed E-state index contributed by atoms with van der Waals surface area (Å²) in [6, 6.07) is 5.55. The van der Waals surface area contributed by atoms with Crippen molar-refractivity contribution in [3.63, 3.8) is 0 Å². The highest BCUT2D eigenvalue weighted by Gasteiger charge is 2.23. The van der Waals surface area contributed by atoms with Crippen LogP contribution in [0.2, 0.25) is 0 Å². The molecule has 86 valence electrons. The number of hydrogen-bond acceptors (Lipinski definition) is 2. The third-order valence-corrected chi connectivity index (χ3v) is 3.23. The number of carboxylic acids is 1. The molecule has 1 atom stereocenters. The quantitative estimate of drug-likeness (QED) is 0.851. The summed E-state index contributed by atoms with van der Waals surface area (Å²) in [5.41, 5.74) is 2.62. The zero-order valence-electron chi connectivity index (χ0n) is 9.40. The number of carboxylic acid groups (broad SMARTS) is 1. The predicted molar refractivity (Wildman–Crippen MR) is 61.0 cm³/mol. The van der Waals surface area contributed by atoms with Crippen molar-refractivity contribution >= 4 is 5.97 Å². The maximum Gasteiger partial charge on any atom is 0.335 e. The minimum absolute atomic E-state index is 0.355. The number of fused-ring (bicyclic) bond motifs is 1. The van der Waals surface area contributed by atoms with E-state index in [9.17, 15) is 4.79 Å². The molecule has 1 aromatic rings. The van der Waals surface area contributed by atoms with Gasteiger partial charge in [-0.15, -0.1) is 0 Å². The second-order valence-electron chi connectivity index (χ2n) is 4.22. The number of rotatable bonds is 3. The summed E-state index contributed by atoms with van der Waals surface area (Å²) >= 11 is 0. The maximum absolute atomic E-state index is 11.1. The van der Waals surface area contributed by atoms with Gasteiger partial charge in [0.25, 0.3) is 0 Å². The lowest BCUT2D eigenvalue weighted by Crippen LogP contribution is -2.17. The molecule has 0 aromatic heterocycles. The average Bonchev–Trinajstić information content (AvgIpc) is 2.29. The molecule has 0 heterocycles. The first kappa shape index (κ1) is 11.1. The molecule has 3 nitrogen and oxygen atoms in total. The smallest absolute Gasteiger partial charge is 0.335 e. The van der Waals surface area contributed by atoms with Gasteiger partial charge in [0.2, 0.25) is 0 Å². The van der Waals surface area contributed by atoms with Gasteiger partial charge in [-0.1, -0.05) is 12.1 Å². The third-order valence-electron chi connectivity index (χ3n) is 3.23. The van der Waals surface area contributed by atoms with Gasteiger partial charge >= 0.3 is 5.97 Å². The van der Waals surface area contributed by atoms with Crippen molar-refractivity contribution in [3.05, 3.63) is 34.9 Å². The zero-order chi connectivity index (χ0) is 11.5. The van der Waals surface area contributed by atoms with Crippen molar-refractivity contribution in [2.75, 3.05) is 13.7 Å². The molecule has 0 fully saturated rings. The molecule has 2 rings (SSSR count). The van der Waals surface area contributed by atoms with Crippen LogP contribution in [-0.4, -0.2) is 24.8 Å². The lowest BCUT2D eigenvalue weighted by Gasteiger charge is -2.26. The standard InChI is InChI=1S/C13H16O3/c1-16-8-9-4-2-6-11-10(9)5-3-7-12(11)13(14)15/h3,5,7,9H,2,4,6,8H2,1H3,(H,14,15). The van der Waals surface area contributed by atoms with Crippen LogP contribution in [0.15, 0.2) is 18.2 Å². The van der Waals surface area contributed by atoms with E-state index in [1.807, 2.05) is 12.1 Å². The van der Waals surface area contributed by atoms with Crippen molar-refractivity contribution in [2.24, 2.45) is 0 Å². The number of ether oxygens (including phenoxy) is 1. The minimum Gasteiger partial charge on any atom is -0.478 e. The van der Waals surface area contributed by atoms with Gasteiger partial charge in [-0.2, -0.15) is 0 Å². The normalized spacial score (nSPS) is 19.2. The molecule has 0 aliphatic heterocycles. The molecule has 0 amide bonds. The Labute approximate surface area is 95.0 Å².